The van der Waals surface area contributed by atoms with E-state index in [1.165, 1.54) is 18.4 Å². The van der Waals surface area contributed by atoms with Crippen molar-refractivity contribution in [2.45, 2.75) is 51.7 Å². The van der Waals surface area contributed by atoms with Gasteiger partial charge in [0.25, 0.3) is 0 Å². The fourth-order valence-electron chi connectivity index (χ4n) is 3.06. The Morgan fingerprint density at radius 2 is 2.14 bits per heavy atom. The summed E-state index contributed by atoms with van der Waals surface area (Å²) in [5.41, 5.74) is 1.30. The Morgan fingerprint density at radius 3 is 2.71 bits per heavy atom. The second-order valence-electron chi connectivity index (χ2n) is 6.44. The van der Waals surface area contributed by atoms with Crippen LogP contribution < -0.4 is 5.32 Å². The van der Waals surface area contributed by atoms with Gasteiger partial charge in [0.05, 0.1) is 0 Å². The molecule has 1 fully saturated rings. The van der Waals surface area contributed by atoms with Crippen molar-refractivity contribution in [3.63, 3.8) is 0 Å². The summed E-state index contributed by atoms with van der Waals surface area (Å²) in [5.74, 6) is 0.575. The quantitative estimate of drug-likeness (QED) is 0.807. The summed E-state index contributed by atoms with van der Waals surface area (Å²) in [4.78, 5) is 6.69. The van der Waals surface area contributed by atoms with E-state index in [4.69, 9.17) is 5.11 Å². The van der Waals surface area contributed by atoms with Gasteiger partial charge in [0, 0.05) is 37.6 Å². The molecule has 1 atom stereocenters. The van der Waals surface area contributed by atoms with Gasteiger partial charge in [-0.2, -0.15) is 0 Å². The summed E-state index contributed by atoms with van der Waals surface area (Å²) in [6, 6.07) is 5.18. The molecule has 0 amide bonds. The number of aromatic nitrogens is 1. The van der Waals surface area contributed by atoms with E-state index in [-0.39, 0.29) is 6.61 Å². The number of pyridine rings is 1. The van der Waals surface area contributed by atoms with E-state index in [1.54, 1.807) is 0 Å². The summed E-state index contributed by atoms with van der Waals surface area (Å²) in [6.07, 6.45) is 7.02. The van der Waals surface area contributed by atoms with Crippen molar-refractivity contribution >= 4 is 0 Å². The maximum absolute atomic E-state index is 9.17. The first-order valence-corrected chi connectivity index (χ1v) is 8.17. The third-order valence-corrected chi connectivity index (χ3v) is 4.41. The molecule has 2 rings (SSSR count). The van der Waals surface area contributed by atoms with E-state index in [1.807, 2.05) is 18.5 Å². The van der Waals surface area contributed by atoms with Crippen LogP contribution in [0, 0.1) is 5.92 Å². The molecular formula is C17H29N3O. The molecule has 118 valence electrons. The molecule has 2 heterocycles. The van der Waals surface area contributed by atoms with Crippen LogP contribution in [0.25, 0.3) is 0 Å². The van der Waals surface area contributed by atoms with Crippen molar-refractivity contribution in [3.8, 4) is 0 Å². The van der Waals surface area contributed by atoms with Crippen LogP contribution in [0.5, 0.6) is 0 Å². The van der Waals surface area contributed by atoms with Crippen LogP contribution in [-0.2, 0) is 6.54 Å². The molecule has 0 aliphatic carbocycles. The summed E-state index contributed by atoms with van der Waals surface area (Å²) in [5, 5.41) is 12.9. The lowest BCUT2D eigenvalue weighted by molar-refractivity contribution is 0.167. The highest BCUT2D eigenvalue weighted by Crippen LogP contribution is 2.16. The molecule has 1 aliphatic rings. The van der Waals surface area contributed by atoms with Gasteiger partial charge in [0.15, 0.2) is 0 Å². The van der Waals surface area contributed by atoms with Crippen molar-refractivity contribution < 1.29 is 5.11 Å². The minimum Gasteiger partial charge on any atom is -0.396 e. The molecule has 0 saturated carbocycles. The van der Waals surface area contributed by atoms with E-state index in [9.17, 15) is 0 Å². The zero-order chi connectivity index (χ0) is 15.1. The molecule has 4 heteroatoms. The molecule has 0 bridgehead atoms. The Bertz CT molecular complexity index is 388. The average molecular weight is 291 g/mol. The fourth-order valence-corrected chi connectivity index (χ4v) is 3.06. The molecule has 1 saturated heterocycles. The Labute approximate surface area is 128 Å². The van der Waals surface area contributed by atoms with Gasteiger partial charge >= 0.3 is 0 Å². The van der Waals surface area contributed by atoms with Gasteiger partial charge in [-0.15, -0.1) is 0 Å². The van der Waals surface area contributed by atoms with Gasteiger partial charge in [0.2, 0.25) is 0 Å². The van der Waals surface area contributed by atoms with Crippen LogP contribution in [0.2, 0.25) is 0 Å². The largest absolute Gasteiger partial charge is 0.396 e. The lowest BCUT2D eigenvalue weighted by Gasteiger charge is -2.35. The lowest BCUT2D eigenvalue weighted by atomic mass is 9.97. The SMILES string of the molecule is CC(C)C(CCO)NC1CCN(Cc2cccnc2)CC1. The zero-order valence-electron chi connectivity index (χ0n) is 13.3. The second kappa shape index (κ2) is 8.47. The summed E-state index contributed by atoms with van der Waals surface area (Å²) < 4.78 is 0. The minimum atomic E-state index is 0.274. The topological polar surface area (TPSA) is 48.4 Å². The summed E-state index contributed by atoms with van der Waals surface area (Å²) in [6.45, 7) is 8.00. The number of nitrogens with one attached hydrogen (secondary N) is 1. The number of aliphatic hydroxyl groups excluding tert-OH is 1. The number of aliphatic hydroxyl groups is 1. The predicted octanol–water partition coefficient (Wildman–Crippen LogP) is 2.04. The Hall–Kier alpha value is -0.970. The molecule has 1 unspecified atom stereocenters. The number of likely N-dealkylation sites (tertiary alicyclic amines) is 1. The van der Waals surface area contributed by atoms with Crippen LogP contribution in [0.1, 0.15) is 38.7 Å². The van der Waals surface area contributed by atoms with Crippen LogP contribution in [0.4, 0.5) is 0 Å². The predicted molar refractivity (Wildman–Crippen MR) is 86.0 cm³/mol. The number of piperidine rings is 1. The van der Waals surface area contributed by atoms with Crippen LogP contribution in [-0.4, -0.2) is 46.8 Å². The second-order valence-corrected chi connectivity index (χ2v) is 6.44. The van der Waals surface area contributed by atoms with Crippen molar-refractivity contribution in [2.75, 3.05) is 19.7 Å². The van der Waals surface area contributed by atoms with E-state index >= 15 is 0 Å². The molecule has 0 aromatic carbocycles. The first-order valence-electron chi connectivity index (χ1n) is 8.17. The van der Waals surface area contributed by atoms with E-state index in [0.717, 1.165) is 26.1 Å². The molecule has 1 aromatic heterocycles. The molecule has 2 N–H and O–H groups in total. The number of hydrogen-bond acceptors (Lipinski definition) is 4. The molecule has 1 aliphatic heterocycles. The third-order valence-electron chi connectivity index (χ3n) is 4.41. The first-order chi connectivity index (χ1) is 10.2. The Balaban J connectivity index is 1.75. The van der Waals surface area contributed by atoms with E-state index in [0.29, 0.717) is 18.0 Å². The first kappa shape index (κ1) is 16.4. The monoisotopic (exact) mass is 291 g/mol. The van der Waals surface area contributed by atoms with Crippen molar-refractivity contribution in [3.05, 3.63) is 30.1 Å². The molecule has 0 spiro atoms. The molecule has 21 heavy (non-hydrogen) atoms. The van der Waals surface area contributed by atoms with Crippen molar-refractivity contribution in [1.82, 2.24) is 15.2 Å². The molecule has 4 nitrogen and oxygen atoms in total. The maximum Gasteiger partial charge on any atom is 0.0445 e. The van der Waals surface area contributed by atoms with Gasteiger partial charge in [-0.05, 0) is 49.9 Å². The standard InChI is InChI=1S/C17H29N3O/c1-14(2)17(7-11-21)19-16-5-9-20(10-6-16)13-15-4-3-8-18-12-15/h3-4,8,12,14,16-17,19,21H,5-7,9-11,13H2,1-2H3. The highest BCUT2D eigenvalue weighted by atomic mass is 16.3. The highest BCUT2D eigenvalue weighted by Gasteiger charge is 2.22. The van der Waals surface area contributed by atoms with Crippen LogP contribution in [0.15, 0.2) is 24.5 Å². The Kier molecular flexibility index (Phi) is 6.61. The number of hydrogen-bond donors (Lipinski definition) is 2. The molecule has 0 radical (unpaired) electrons. The molecule has 1 aromatic rings. The third kappa shape index (κ3) is 5.38. The van der Waals surface area contributed by atoms with Gasteiger partial charge < -0.3 is 10.4 Å². The van der Waals surface area contributed by atoms with Gasteiger partial charge in [-0.1, -0.05) is 19.9 Å². The average Bonchev–Trinajstić information content (AvgIpc) is 2.49. The van der Waals surface area contributed by atoms with Crippen molar-refractivity contribution in [1.29, 1.82) is 0 Å². The molecular weight excluding hydrogens is 262 g/mol. The fraction of sp³-hybridized carbons (Fsp3) is 0.706. The summed E-state index contributed by atoms with van der Waals surface area (Å²) in [7, 11) is 0. The minimum absolute atomic E-state index is 0.274. The van der Waals surface area contributed by atoms with Gasteiger partial charge in [0.1, 0.15) is 0 Å². The highest BCUT2D eigenvalue weighted by molar-refractivity contribution is 5.08. The lowest BCUT2D eigenvalue weighted by Crippen LogP contribution is -2.47. The Morgan fingerprint density at radius 1 is 1.38 bits per heavy atom. The number of nitrogens with zero attached hydrogens (tertiary/aromatic N) is 2. The normalized spacial score (nSPS) is 19.0. The van der Waals surface area contributed by atoms with E-state index in [2.05, 4.69) is 35.1 Å². The van der Waals surface area contributed by atoms with Crippen molar-refractivity contribution in [2.24, 2.45) is 5.92 Å². The zero-order valence-corrected chi connectivity index (χ0v) is 13.3. The summed E-state index contributed by atoms with van der Waals surface area (Å²) >= 11 is 0. The van der Waals surface area contributed by atoms with E-state index < -0.39 is 0 Å². The number of rotatable bonds is 7. The maximum atomic E-state index is 9.17. The van der Waals surface area contributed by atoms with Crippen LogP contribution in [0.3, 0.4) is 0 Å². The van der Waals surface area contributed by atoms with Gasteiger partial charge in [-0.25, -0.2) is 0 Å². The smallest absolute Gasteiger partial charge is 0.0445 e. The van der Waals surface area contributed by atoms with Gasteiger partial charge in [-0.3, -0.25) is 9.88 Å². The van der Waals surface area contributed by atoms with Crippen LogP contribution >= 0.6 is 0 Å².